The van der Waals surface area contributed by atoms with Gasteiger partial charge in [-0.1, -0.05) is 24.3 Å². The summed E-state index contributed by atoms with van der Waals surface area (Å²) in [6.45, 7) is 1.52. The summed E-state index contributed by atoms with van der Waals surface area (Å²) in [5.74, 6) is 1.44. The molecule has 0 aliphatic heterocycles. The van der Waals surface area contributed by atoms with E-state index in [1.165, 1.54) is 17.5 Å². The molecule has 2 atom stereocenters. The number of hydrogen-bond donors (Lipinski definition) is 1. The van der Waals surface area contributed by atoms with Crippen LogP contribution in [0.25, 0.3) is 0 Å². The Morgan fingerprint density at radius 1 is 1.36 bits per heavy atom. The summed E-state index contributed by atoms with van der Waals surface area (Å²) in [5.41, 5.74) is 8.29. The van der Waals surface area contributed by atoms with E-state index in [-0.39, 0.29) is 0 Å². The van der Waals surface area contributed by atoms with E-state index in [0.717, 1.165) is 18.4 Å². The molecule has 0 radical (unpaired) electrons. The van der Waals surface area contributed by atoms with Crippen LogP contribution >= 0.6 is 0 Å². The molecule has 0 spiro atoms. The highest BCUT2D eigenvalue weighted by Crippen LogP contribution is 2.46. The average molecular weight is 191 g/mol. The Morgan fingerprint density at radius 3 is 2.57 bits per heavy atom. The van der Waals surface area contributed by atoms with Crippen LogP contribution in [0.1, 0.15) is 23.5 Å². The number of hydrogen-bond acceptors (Lipinski definition) is 2. The van der Waals surface area contributed by atoms with Gasteiger partial charge in [0.1, 0.15) is 0 Å². The summed E-state index contributed by atoms with van der Waals surface area (Å²) in [7, 11) is 1.72. The van der Waals surface area contributed by atoms with Crippen LogP contribution in [0, 0.1) is 5.92 Å². The number of nitrogens with two attached hydrogens (primary N) is 1. The lowest BCUT2D eigenvalue weighted by atomic mass is 10.1. The minimum absolute atomic E-state index is 0.700. The number of methoxy groups -OCH3 is 1. The highest BCUT2D eigenvalue weighted by molar-refractivity contribution is 5.29. The van der Waals surface area contributed by atoms with Crippen LogP contribution in [0.4, 0.5) is 0 Å². The molecule has 1 aliphatic rings. The molecule has 2 unspecified atom stereocenters. The van der Waals surface area contributed by atoms with Crippen molar-refractivity contribution < 1.29 is 4.74 Å². The quantitative estimate of drug-likeness (QED) is 0.788. The monoisotopic (exact) mass is 191 g/mol. The third-order valence-electron chi connectivity index (χ3n) is 2.94. The lowest BCUT2D eigenvalue weighted by Crippen LogP contribution is -2.01. The van der Waals surface area contributed by atoms with Crippen LogP contribution < -0.4 is 5.73 Å². The SMILES string of the molecule is COCc1ccc(C2CC2CN)cc1. The first-order chi connectivity index (χ1) is 6.85. The van der Waals surface area contributed by atoms with Crippen molar-refractivity contribution >= 4 is 0 Å². The van der Waals surface area contributed by atoms with Gasteiger partial charge in [0.2, 0.25) is 0 Å². The first-order valence-corrected chi connectivity index (χ1v) is 5.13. The molecule has 2 heteroatoms. The summed E-state index contributed by atoms with van der Waals surface area (Å²) in [5, 5.41) is 0. The van der Waals surface area contributed by atoms with E-state index in [1.54, 1.807) is 7.11 Å². The molecule has 0 aromatic heterocycles. The Bertz CT molecular complexity index is 294. The highest BCUT2D eigenvalue weighted by atomic mass is 16.5. The van der Waals surface area contributed by atoms with E-state index in [1.807, 2.05) is 0 Å². The fourth-order valence-electron chi connectivity index (χ4n) is 1.94. The van der Waals surface area contributed by atoms with Gasteiger partial charge in [-0.3, -0.25) is 0 Å². The molecule has 0 bridgehead atoms. The molecule has 2 nitrogen and oxygen atoms in total. The van der Waals surface area contributed by atoms with Gasteiger partial charge in [0, 0.05) is 7.11 Å². The van der Waals surface area contributed by atoms with Crippen molar-refractivity contribution in [2.75, 3.05) is 13.7 Å². The van der Waals surface area contributed by atoms with Gasteiger partial charge in [-0.25, -0.2) is 0 Å². The minimum atomic E-state index is 0.700. The molecule has 0 heterocycles. The van der Waals surface area contributed by atoms with Crippen molar-refractivity contribution in [1.29, 1.82) is 0 Å². The van der Waals surface area contributed by atoms with Crippen molar-refractivity contribution in [3.8, 4) is 0 Å². The third-order valence-corrected chi connectivity index (χ3v) is 2.94. The lowest BCUT2D eigenvalue weighted by Gasteiger charge is -2.02. The molecule has 1 aromatic carbocycles. The Hall–Kier alpha value is -0.860. The summed E-state index contributed by atoms with van der Waals surface area (Å²) in [6.07, 6.45) is 1.26. The maximum atomic E-state index is 5.62. The Kier molecular flexibility index (Phi) is 2.85. The molecule has 2 N–H and O–H groups in total. The summed E-state index contributed by atoms with van der Waals surface area (Å²) in [6, 6.07) is 8.69. The van der Waals surface area contributed by atoms with Gasteiger partial charge in [-0.2, -0.15) is 0 Å². The molecule has 1 fully saturated rings. The van der Waals surface area contributed by atoms with Crippen LogP contribution in [0.5, 0.6) is 0 Å². The molecule has 0 saturated heterocycles. The molecular weight excluding hydrogens is 174 g/mol. The highest BCUT2D eigenvalue weighted by Gasteiger charge is 2.36. The third kappa shape index (κ3) is 1.97. The lowest BCUT2D eigenvalue weighted by molar-refractivity contribution is 0.185. The first-order valence-electron chi connectivity index (χ1n) is 5.13. The van der Waals surface area contributed by atoms with Crippen LogP contribution in [0.2, 0.25) is 0 Å². The van der Waals surface area contributed by atoms with Gasteiger partial charge in [-0.15, -0.1) is 0 Å². The Labute approximate surface area is 85.1 Å². The van der Waals surface area contributed by atoms with Gasteiger partial charge in [0.05, 0.1) is 6.61 Å². The van der Waals surface area contributed by atoms with Crippen molar-refractivity contribution in [2.24, 2.45) is 11.7 Å². The van der Waals surface area contributed by atoms with Crippen molar-refractivity contribution in [1.82, 2.24) is 0 Å². The predicted octanol–water partition coefficient (Wildman–Crippen LogP) is 1.90. The zero-order valence-electron chi connectivity index (χ0n) is 8.57. The normalized spacial score (nSPS) is 25.0. The van der Waals surface area contributed by atoms with Gasteiger partial charge in [0.25, 0.3) is 0 Å². The Morgan fingerprint density at radius 2 is 2.07 bits per heavy atom. The van der Waals surface area contributed by atoms with Gasteiger partial charge >= 0.3 is 0 Å². The van der Waals surface area contributed by atoms with Gasteiger partial charge < -0.3 is 10.5 Å². The summed E-state index contributed by atoms with van der Waals surface area (Å²) >= 11 is 0. The first kappa shape index (κ1) is 9.69. The van der Waals surface area contributed by atoms with Crippen molar-refractivity contribution in [2.45, 2.75) is 18.9 Å². The number of rotatable bonds is 4. The summed E-state index contributed by atoms with van der Waals surface area (Å²) in [4.78, 5) is 0. The van der Waals surface area contributed by atoms with Crippen molar-refractivity contribution in [3.05, 3.63) is 35.4 Å². The maximum Gasteiger partial charge on any atom is 0.0713 e. The van der Waals surface area contributed by atoms with Crippen molar-refractivity contribution in [3.63, 3.8) is 0 Å². The molecule has 1 saturated carbocycles. The minimum Gasteiger partial charge on any atom is -0.380 e. The number of ether oxygens (including phenoxy) is 1. The van der Waals surface area contributed by atoms with E-state index in [4.69, 9.17) is 10.5 Å². The zero-order chi connectivity index (χ0) is 9.97. The van der Waals surface area contributed by atoms with Gasteiger partial charge in [0.15, 0.2) is 0 Å². The average Bonchev–Trinajstić information content (AvgIpc) is 2.99. The molecule has 14 heavy (non-hydrogen) atoms. The van der Waals surface area contributed by atoms with Crippen LogP contribution in [-0.4, -0.2) is 13.7 Å². The second-order valence-corrected chi connectivity index (χ2v) is 4.01. The standard InChI is InChI=1S/C12H17NO/c1-14-8-9-2-4-10(5-3-9)12-6-11(12)7-13/h2-5,11-12H,6-8,13H2,1H3. The largest absolute Gasteiger partial charge is 0.380 e. The van der Waals surface area contributed by atoms with E-state index in [9.17, 15) is 0 Å². The molecule has 2 rings (SSSR count). The maximum absolute atomic E-state index is 5.62. The van der Waals surface area contributed by atoms with Gasteiger partial charge in [-0.05, 0) is 35.9 Å². The molecule has 1 aromatic rings. The van der Waals surface area contributed by atoms with Crippen LogP contribution in [0.3, 0.4) is 0 Å². The fraction of sp³-hybridized carbons (Fsp3) is 0.500. The summed E-state index contributed by atoms with van der Waals surface area (Å²) < 4.78 is 5.07. The molecule has 1 aliphatic carbocycles. The Balaban J connectivity index is 2.00. The number of benzene rings is 1. The predicted molar refractivity (Wildman–Crippen MR) is 57.1 cm³/mol. The van der Waals surface area contributed by atoms with E-state index >= 15 is 0 Å². The second-order valence-electron chi connectivity index (χ2n) is 4.01. The van der Waals surface area contributed by atoms with E-state index < -0.39 is 0 Å². The smallest absolute Gasteiger partial charge is 0.0713 e. The van der Waals surface area contributed by atoms with Crippen LogP contribution in [-0.2, 0) is 11.3 Å². The fourth-order valence-corrected chi connectivity index (χ4v) is 1.94. The molecule has 76 valence electrons. The van der Waals surface area contributed by atoms with Crippen LogP contribution in [0.15, 0.2) is 24.3 Å². The molecular formula is C12H17NO. The zero-order valence-corrected chi connectivity index (χ0v) is 8.57. The molecule has 0 amide bonds. The topological polar surface area (TPSA) is 35.2 Å². The van der Waals surface area contributed by atoms with E-state index in [2.05, 4.69) is 24.3 Å². The van der Waals surface area contributed by atoms with E-state index in [0.29, 0.717) is 6.61 Å². The second kappa shape index (κ2) is 4.11.